The predicted molar refractivity (Wildman–Crippen MR) is 123 cm³/mol. The summed E-state index contributed by atoms with van der Waals surface area (Å²) >= 11 is 0. The summed E-state index contributed by atoms with van der Waals surface area (Å²) in [5.41, 5.74) is 2.10. The van der Waals surface area contributed by atoms with E-state index in [9.17, 15) is 14.4 Å². The summed E-state index contributed by atoms with van der Waals surface area (Å²) in [7, 11) is 1.32. The van der Waals surface area contributed by atoms with Crippen molar-refractivity contribution < 1.29 is 23.9 Å². The van der Waals surface area contributed by atoms with Gasteiger partial charge in [-0.3, -0.25) is 9.59 Å². The van der Waals surface area contributed by atoms with Crippen LogP contribution in [0.1, 0.15) is 43.6 Å². The number of carbonyl (C=O) groups is 3. The number of fused-ring (bicyclic) bond motifs is 1. The van der Waals surface area contributed by atoms with E-state index in [0.29, 0.717) is 56.0 Å². The fraction of sp³-hybridized carbons (Fsp3) is 0.565. The first-order valence-electron chi connectivity index (χ1n) is 11.4. The number of hydrogen-bond acceptors (Lipinski definition) is 7. The lowest BCUT2D eigenvalue weighted by atomic mass is 10.0. The van der Waals surface area contributed by atoms with Gasteiger partial charge in [-0.1, -0.05) is 0 Å². The number of amides is 2. The van der Waals surface area contributed by atoms with Gasteiger partial charge in [0.15, 0.2) is 5.69 Å². The lowest BCUT2D eigenvalue weighted by Crippen LogP contribution is -2.41. The number of ether oxygens (including phenoxy) is 2. The molecular weight excluding hydrogens is 426 g/mol. The van der Waals surface area contributed by atoms with E-state index in [2.05, 4.69) is 15.6 Å². The smallest absolute Gasteiger partial charge is 0.356 e. The van der Waals surface area contributed by atoms with E-state index in [0.717, 1.165) is 18.5 Å². The summed E-state index contributed by atoms with van der Waals surface area (Å²) in [5, 5.41) is 7.14. The second-order valence-electron chi connectivity index (χ2n) is 8.53. The van der Waals surface area contributed by atoms with E-state index < -0.39 is 5.97 Å². The largest absolute Gasteiger partial charge is 0.464 e. The van der Waals surface area contributed by atoms with Crippen LogP contribution in [0.4, 0.5) is 11.4 Å². The van der Waals surface area contributed by atoms with E-state index in [-0.39, 0.29) is 29.5 Å². The molecule has 2 amide bonds. The van der Waals surface area contributed by atoms with Crippen molar-refractivity contribution in [3.05, 3.63) is 18.0 Å². The van der Waals surface area contributed by atoms with Crippen LogP contribution in [0.3, 0.4) is 0 Å². The van der Waals surface area contributed by atoms with Gasteiger partial charge in [0.25, 0.3) is 0 Å². The maximum absolute atomic E-state index is 12.9. The molecule has 10 nitrogen and oxygen atoms in total. The standard InChI is InChI=1S/C23H31N5O5/c1-4-28-20(23(31)32-3)19(26-22(30)15-7-10-33-13-15)18-11-17(12-24-21(18)28)25-16-5-8-27(9-6-16)14(2)29/h11-12,15-16,25H,4-10,13H2,1-3H3,(H,26,30). The number of anilines is 2. The van der Waals surface area contributed by atoms with E-state index in [1.54, 1.807) is 17.7 Å². The minimum Gasteiger partial charge on any atom is -0.464 e. The van der Waals surface area contributed by atoms with Gasteiger partial charge in [-0.25, -0.2) is 9.78 Å². The van der Waals surface area contributed by atoms with E-state index in [4.69, 9.17) is 9.47 Å². The van der Waals surface area contributed by atoms with E-state index >= 15 is 0 Å². The van der Waals surface area contributed by atoms with Gasteiger partial charge >= 0.3 is 5.97 Å². The molecule has 2 saturated heterocycles. The van der Waals surface area contributed by atoms with Crippen LogP contribution in [0, 0.1) is 5.92 Å². The SMILES string of the molecule is CCn1c(C(=O)OC)c(NC(=O)C2CCOC2)c2cc(NC3CCN(C(C)=O)CC3)cnc21. The Balaban J connectivity index is 1.66. The summed E-state index contributed by atoms with van der Waals surface area (Å²) in [4.78, 5) is 43.6. The van der Waals surface area contributed by atoms with Crippen LogP contribution in [0.15, 0.2) is 12.3 Å². The number of aryl methyl sites for hydroxylation is 1. The number of methoxy groups -OCH3 is 1. The molecule has 0 radical (unpaired) electrons. The second kappa shape index (κ2) is 9.78. The molecule has 2 aliphatic rings. The molecule has 2 aromatic heterocycles. The number of esters is 1. The van der Waals surface area contributed by atoms with Gasteiger partial charge in [-0.05, 0) is 32.3 Å². The van der Waals surface area contributed by atoms with Gasteiger partial charge in [0.1, 0.15) is 5.65 Å². The minimum atomic E-state index is -0.529. The van der Waals surface area contributed by atoms with Crippen LogP contribution in [-0.4, -0.2) is 71.7 Å². The first-order valence-corrected chi connectivity index (χ1v) is 11.4. The molecule has 4 heterocycles. The summed E-state index contributed by atoms with van der Waals surface area (Å²) in [6.45, 7) is 6.35. The van der Waals surface area contributed by atoms with Crippen LogP contribution in [0.5, 0.6) is 0 Å². The van der Waals surface area contributed by atoms with Gasteiger partial charge in [0, 0.05) is 44.6 Å². The average Bonchev–Trinajstić information content (AvgIpc) is 3.46. The van der Waals surface area contributed by atoms with Crippen molar-refractivity contribution in [2.24, 2.45) is 5.92 Å². The molecule has 0 aliphatic carbocycles. The van der Waals surface area contributed by atoms with Crippen LogP contribution in [0.2, 0.25) is 0 Å². The monoisotopic (exact) mass is 457 g/mol. The number of carbonyl (C=O) groups excluding carboxylic acids is 3. The molecular formula is C23H31N5O5. The highest BCUT2D eigenvalue weighted by Crippen LogP contribution is 2.34. The van der Waals surface area contributed by atoms with Crippen LogP contribution in [0.25, 0.3) is 11.0 Å². The van der Waals surface area contributed by atoms with Gasteiger partial charge in [-0.15, -0.1) is 0 Å². The molecule has 1 atom stereocenters. The van der Waals surface area contributed by atoms with E-state index in [1.165, 1.54) is 7.11 Å². The Bertz CT molecular complexity index is 1050. The molecule has 0 spiro atoms. The molecule has 1 unspecified atom stereocenters. The first kappa shape index (κ1) is 23.0. The Kier molecular flexibility index (Phi) is 6.83. The van der Waals surface area contributed by atoms with Crippen LogP contribution < -0.4 is 10.6 Å². The Morgan fingerprint density at radius 3 is 2.61 bits per heavy atom. The van der Waals surface area contributed by atoms with Crippen molar-refractivity contribution in [2.45, 2.75) is 45.7 Å². The normalized spacial score (nSPS) is 19.0. The lowest BCUT2D eigenvalue weighted by Gasteiger charge is -2.32. The molecule has 0 bridgehead atoms. The maximum atomic E-state index is 12.9. The van der Waals surface area contributed by atoms with Crippen LogP contribution >= 0.6 is 0 Å². The van der Waals surface area contributed by atoms with Gasteiger partial charge in [-0.2, -0.15) is 0 Å². The molecule has 2 N–H and O–H groups in total. The number of aromatic nitrogens is 2. The number of pyridine rings is 1. The number of likely N-dealkylation sites (tertiary alicyclic amines) is 1. The number of rotatable bonds is 6. The quantitative estimate of drug-likeness (QED) is 0.639. The summed E-state index contributed by atoms with van der Waals surface area (Å²) in [5.74, 6) is -0.862. The molecule has 2 aliphatic heterocycles. The number of nitrogens with one attached hydrogen (secondary N) is 2. The molecule has 2 aromatic rings. The Morgan fingerprint density at radius 1 is 1.24 bits per heavy atom. The summed E-state index contributed by atoms with van der Waals surface area (Å²) in [6.07, 6.45) is 4.07. The third kappa shape index (κ3) is 4.66. The van der Waals surface area contributed by atoms with E-state index in [1.807, 2.05) is 17.9 Å². The molecule has 0 aromatic carbocycles. The Labute approximate surface area is 192 Å². The Morgan fingerprint density at radius 2 is 2.00 bits per heavy atom. The number of piperidine rings is 1. The van der Waals surface area contributed by atoms with Crippen molar-refractivity contribution in [1.82, 2.24) is 14.5 Å². The highest BCUT2D eigenvalue weighted by Gasteiger charge is 2.30. The number of nitrogens with zero attached hydrogens (tertiary/aromatic N) is 3. The average molecular weight is 458 g/mol. The fourth-order valence-electron chi connectivity index (χ4n) is 4.59. The first-order chi connectivity index (χ1) is 15.9. The predicted octanol–water partition coefficient (Wildman–Crippen LogP) is 2.24. The molecule has 10 heteroatoms. The van der Waals surface area contributed by atoms with Gasteiger partial charge in [0.05, 0.1) is 37.2 Å². The molecule has 0 saturated carbocycles. The zero-order valence-corrected chi connectivity index (χ0v) is 19.3. The lowest BCUT2D eigenvalue weighted by molar-refractivity contribution is -0.129. The third-order valence-electron chi connectivity index (χ3n) is 6.45. The van der Waals surface area contributed by atoms with Crippen molar-refractivity contribution in [3.63, 3.8) is 0 Å². The second-order valence-corrected chi connectivity index (χ2v) is 8.53. The summed E-state index contributed by atoms with van der Waals surface area (Å²) in [6, 6.07) is 2.13. The zero-order valence-electron chi connectivity index (χ0n) is 19.3. The third-order valence-corrected chi connectivity index (χ3v) is 6.45. The summed E-state index contributed by atoms with van der Waals surface area (Å²) < 4.78 is 12.1. The Hall–Kier alpha value is -3.14. The van der Waals surface area contributed by atoms with Gasteiger partial charge < -0.3 is 29.6 Å². The van der Waals surface area contributed by atoms with Gasteiger partial charge in [0.2, 0.25) is 11.8 Å². The van der Waals surface area contributed by atoms with Crippen LogP contribution in [-0.2, 0) is 25.6 Å². The fourth-order valence-corrected chi connectivity index (χ4v) is 4.59. The highest BCUT2D eigenvalue weighted by molar-refractivity contribution is 6.11. The maximum Gasteiger partial charge on any atom is 0.356 e. The van der Waals surface area contributed by atoms with Crippen molar-refractivity contribution in [2.75, 3.05) is 44.0 Å². The molecule has 4 rings (SSSR count). The minimum absolute atomic E-state index is 0.0980. The van der Waals surface area contributed by atoms with Crippen molar-refractivity contribution in [3.8, 4) is 0 Å². The van der Waals surface area contributed by atoms with Crippen molar-refractivity contribution >= 4 is 40.2 Å². The highest BCUT2D eigenvalue weighted by atomic mass is 16.5. The zero-order chi connectivity index (χ0) is 23.5. The number of hydrogen-bond donors (Lipinski definition) is 2. The molecule has 33 heavy (non-hydrogen) atoms. The van der Waals surface area contributed by atoms with Crippen molar-refractivity contribution in [1.29, 1.82) is 0 Å². The molecule has 178 valence electrons. The molecule has 2 fully saturated rings. The topological polar surface area (TPSA) is 115 Å².